The largest absolute Gasteiger partial charge is 0.497 e. The van der Waals surface area contributed by atoms with Crippen LogP contribution in [0.25, 0.3) is 0 Å². The number of benzene rings is 2. The highest BCUT2D eigenvalue weighted by Gasteiger charge is 2.20. The molecule has 0 radical (unpaired) electrons. The first kappa shape index (κ1) is 16.9. The van der Waals surface area contributed by atoms with E-state index in [0.717, 1.165) is 22.6 Å². The summed E-state index contributed by atoms with van der Waals surface area (Å²) in [7, 11) is 1.65. The molecule has 0 aliphatic carbocycles. The SMILES string of the molecule is COc1ccc(OCc2ccc(C(=O)O)cc2)c(C(C)(C)C)c1. The summed E-state index contributed by atoms with van der Waals surface area (Å²) in [6.07, 6.45) is 0. The number of aromatic carboxylic acids is 1. The summed E-state index contributed by atoms with van der Waals surface area (Å²) in [6.45, 7) is 6.75. The number of carboxylic acids is 1. The minimum atomic E-state index is -0.928. The lowest BCUT2D eigenvalue weighted by Crippen LogP contribution is -2.13. The molecule has 4 nitrogen and oxygen atoms in total. The highest BCUT2D eigenvalue weighted by atomic mass is 16.5. The second kappa shape index (κ2) is 6.73. The fourth-order valence-corrected chi connectivity index (χ4v) is 2.25. The van der Waals surface area contributed by atoms with E-state index in [1.807, 2.05) is 18.2 Å². The van der Waals surface area contributed by atoms with Crippen LogP contribution in [0, 0.1) is 0 Å². The Hall–Kier alpha value is -2.49. The third-order valence-electron chi connectivity index (χ3n) is 3.59. The molecule has 0 saturated carbocycles. The van der Waals surface area contributed by atoms with Gasteiger partial charge in [0, 0.05) is 5.56 Å². The molecule has 122 valence electrons. The molecular formula is C19H22O4. The lowest BCUT2D eigenvalue weighted by Gasteiger charge is -2.23. The molecule has 0 bridgehead atoms. The molecule has 0 saturated heterocycles. The van der Waals surface area contributed by atoms with Crippen LogP contribution in [0.1, 0.15) is 42.3 Å². The van der Waals surface area contributed by atoms with E-state index in [1.165, 1.54) is 0 Å². The maximum atomic E-state index is 10.9. The van der Waals surface area contributed by atoms with Gasteiger partial charge in [-0.1, -0.05) is 32.9 Å². The first-order valence-electron chi connectivity index (χ1n) is 7.45. The third-order valence-corrected chi connectivity index (χ3v) is 3.59. The molecule has 0 aromatic heterocycles. The smallest absolute Gasteiger partial charge is 0.335 e. The normalized spacial score (nSPS) is 11.1. The van der Waals surface area contributed by atoms with Crippen molar-refractivity contribution in [2.24, 2.45) is 0 Å². The van der Waals surface area contributed by atoms with Crippen LogP contribution in [0.4, 0.5) is 0 Å². The fraction of sp³-hybridized carbons (Fsp3) is 0.316. The van der Waals surface area contributed by atoms with Crippen molar-refractivity contribution in [2.45, 2.75) is 32.8 Å². The Labute approximate surface area is 136 Å². The number of rotatable bonds is 5. The van der Waals surface area contributed by atoms with Gasteiger partial charge >= 0.3 is 5.97 Å². The lowest BCUT2D eigenvalue weighted by molar-refractivity contribution is 0.0697. The van der Waals surface area contributed by atoms with E-state index in [1.54, 1.807) is 31.4 Å². The second-order valence-corrected chi connectivity index (χ2v) is 6.40. The van der Waals surface area contributed by atoms with E-state index in [9.17, 15) is 4.79 Å². The highest BCUT2D eigenvalue weighted by Crippen LogP contribution is 2.34. The van der Waals surface area contributed by atoms with Gasteiger partial charge in [-0.25, -0.2) is 4.79 Å². The Morgan fingerprint density at radius 2 is 1.74 bits per heavy atom. The molecule has 0 heterocycles. The van der Waals surface area contributed by atoms with Crippen molar-refractivity contribution in [1.29, 1.82) is 0 Å². The molecule has 2 aromatic carbocycles. The first-order chi connectivity index (χ1) is 10.8. The molecule has 0 aliphatic heterocycles. The predicted molar refractivity (Wildman–Crippen MR) is 89.4 cm³/mol. The Morgan fingerprint density at radius 1 is 1.09 bits per heavy atom. The van der Waals surface area contributed by atoms with Gasteiger partial charge in [0.25, 0.3) is 0 Å². The van der Waals surface area contributed by atoms with E-state index in [0.29, 0.717) is 6.61 Å². The number of methoxy groups -OCH3 is 1. The number of carbonyl (C=O) groups is 1. The Balaban J connectivity index is 2.18. The molecule has 0 atom stereocenters. The standard InChI is InChI=1S/C19H22O4/c1-19(2,3)16-11-15(22-4)9-10-17(16)23-12-13-5-7-14(8-6-13)18(20)21/h5-11H,12H2,1-4H3,(H,20,21). The molecule has 0 unspecified atom stereocenters. The van der Waals surface area contributed by atoms with E-state index in [4.69, 9.17) is 14.6 Å². The van der Waals surface area contributed by atoms with Crippen LogP contribution in [0.3, 0.4) is 0 Å². The van der Waals surface area contributed by atoms with Crippen molar-refractivity contribution >= 4 is 5.97 Å². The summed E-state index contributed by atoms with van der Waals surface area (Å²) >= 11 is 0. The Morgan fingerprint density at radius 3 is 2.26 bits per heavy atom. The van der Waals surface area contributed by atoms with Crippen LogP contribution in [-0.2, 0) is 12.0 Å². The maximum Gasteiger partial charge on any atom is 0.335 e. The fourth-order valence-electron chi connectivity index (χ4n) is 2.25. The van der Waals surface area contributed by atoms with Gasteiger partial charge in [0.05, 0.1) is 12.7 Å². The molecule has 0 aliphatic rings. The predicted octanol–water partition coefficient (Wildman–Crippen LogP) is 4.27. The maximum absolute atomic E-state index is 10.9. The average Bonchev–Trinajstić information content (AvgIpc) is 2.52. The van der Waals surface area contributed by atoms with Crippen LogP contribution in [0.15, 0.2) is 42.5 Å². The van der Waals surface area contributed by atoms with Crippen molar-refractivity contribution in [3.63, 3.8) is 0 Å². The zero-order valence-corrected chi connectivity index (χ0v) is 13.9. The summed E-state index contributed by atoms with van der Waals surface area (Å²) in [6, 6.07) is 12.5. The van der Waals surface area contributed by atoms with Crippen LogP contribution >= 0.6 is 0 Å². The molecule has 0 spiro atoms. The number of hydrogen-bond acceptors (Lipinski definition) is 3. The molecule has 0 amide bonds. The van der Waals surface area contributed by atoms with Gasteiger partial charge < -0.3 is 14.6 Å². The quantitative estimate of drug-likeness (QED) is 0.895. The van der Waals surface area contributed by atoms with Crippen molar-refractivity contribution in [1.82, 2.24) is 0 Å². The van der Waals surface area contributed by atoms with Crippen LogP contribution in [-0.4, -0.2) is 18.2 Å². The lowest BCUT2D eigenvalue weighted by atomic mass is 9.86. The van der Waals surface area contributed by atoms with Gasteiger partial charge in [0.2, 0.25) is 0 Å². The summed E-state index contributed by atoms with van der Waals surface area (Å²) in [4.78, 5) is 10.9. The molecule has 1 N–H and O–H groups in total. The molecule has 2 rings (SSSR count). The van der Waals surface area contributed by atoms with Gasteiger partial charge in [0.1, 0.15) is 18.1 Å². The summed E-state index contributed by atoms with van der Waals surface area (Å²) in [5.41, 5.74) is 2.19. The first-order valence-corrected chi connectivity index (χ1v) is 7.45. The number of carboxylic acid groups (broad SMARTS) is 1. The minimum absolute atomic E-state index is 0.0724. The molecular weight excluding hydrogens is 292 g/mol. The van der Waals surface area contributed by atoms with Crippen molar-refractivity contribution in [2.75, 3.05) is 7.11 Å². The Kier molecular flexibility index (Phi) is 4.94. The van der Waals surface area contributed by atoms with E-state index in [2.05, 4.69) is 20.8 Å². The minimum Gasteiger partial charge on any atom is -0.497 e. The van der Waals surface area contributed by atoms with Gasteiger partial charge in [-0.3, -0.25) is 0 Å². The van der Waals surface area contributed by atoms with E-state index in [-0.39, 0.29) is 11.0 Å². The number of ether oxygens (including phenoxy) is 2. The van der Waals surface area contributed by atoms with Gasteiger partial charge in [-0.05, 0) is 41.3 Å². The molecule has 23 heavy (non-hydrogen) atoms. The van der Waals surface area contributed by atoms with E-state index >= 15 is 0 Å². The van der Waals surface area contributed by atoms with Crippen molar-refractivity contribution in [3.8, 4) is 11.5 Å². The van der Waals surface area contributed by atoms with Crippen LogP contribution in [0.2, 0.25) is 0 Å². The molecule has 0 fully saturated rings. The monoisotopic (exact) mass is 314 g/mol. The molecule has 2 aromatic rings. The topological polar surface area (TPSA) is 55.8 Å². The van der Waals surface area contributed by atoms with Gasteiger partial charge in [-0.15, -0.1) is 0 Å². The Bertz CT molecular complexity index is 682. The van der Waals surface area contributed by atoms with Crippen molar-refractivity contribution in [3.05, 3.63) is 59.2 Å². The third kappa shape index (κ3) is 4.25. The van der Waals surface area contributed by atoms with Crippen LogP contribution in [0.5, 0.6) is 11.5 Å². The summed E-state index contributed by atoms with van der Waals surface area (Å²) < 4.78 is 11.2. The second-order valence-electron chi connectivity index (χ2n) is 6.40. The zero-order valence-electron chi connectivity index (χ0n) is 13.9. The number of hydrogen-bond donors (Lipinski definition) is 1. The van der Waals surface area contributed by atoms with E-state index < -0.39 is 5.97 Å². The van der Waals surface area contributed by atoms with Gasteiger partial charge in [0.15, 0.2) is 0 Å². The highest BCUT2D eigenvalue weighted by molar-refractivity contribution is 5.87. The van der Waals surface area contributed by atoms with Gasteiger partial charge in [-0.2, -0.15) is 0 Å². The van der Waals surface area contributed by atoms with Crippen molar-refractivity contribution < 1.29 is 19.4 Å². The van der Waals surface area contributed by atoms with Crippen LogP contribution < -0.4 is 9.47 Å². The summed E-state index contributed by atoms with van der Waals surface area (Å²) in [5.74, 6) is 0.677. The zero-order chi connectivity index (χ0) is 17.0. The summed E-state index contributed by atoms with van der Waals surface area (Å²) in [5, 5.41) is 8.92. The molecule has 4 heteroatoms. The average molecular weight is 314 g/mol.